The van der Waals surface area contributed by atoms with Crippen LogP contribution in [0, 0.1) is 0 Å². The fourth-order valence-corrected chi connectivity index (χ4v) is 2.17. The molecular weight excluding hydrogens is 304 g/mol. The second-order valence-corrected chi connectivity index (χ2v) is 5.20. The monoisotopic (exact) mass is 320 g/mol. The van der Waals surface area contributed by atoms with Crippen molar-refractivity contribution >= 4 is 23.4 Å². The summed E-state index contributed by atoms with van der Waals surface area (Å²) in [7, 11) is 0. The van der Waals surface area contributed by atoms with Gasteiger partial charge in [-0.1, -0.05) is 23.7 Å². The van der Waals surface area contributed by atoms with Crippen LogP contribution in [0.3, 0.4) is 0 Å². The molecule has 6 heteroatoms. The first-order valence-corrected chi connectivity index (χ1v) is 7.31. The quantitative estimate of drug-likeness (QED) is 0.859. The molecule has 5 nitrogen and oxygen atoms in total. The molecule has 22 heavy (non-hydrogen) atoms. The van der Waals surface area contributed by atoms with Crippen molar-refractivity contribution in [3.63, 3.8) is 0 Å². The molecule has 0 spiro atoms. The summed E-state index contributed by atoms with van der Waals surface area (Å²) < 4.78 is 5.21. The molecule has 0 aliphatic carbocycles. The molecule has 0 saturated heterocycles. The van der Waals surface area contributed by atoms with Crippen LogP contribution in [0.5, 0.6) is 0 Å². The molecule has 2 aromatic rings. The van der Waals surface area contributed by atoms with Crippen molar-refractivity contribution in [2.45, 2.75) is 19.4 Å². The third-order valence-corrected chi connectivity index (χ3v) is 3.43. The first-order chi connectivity index (χ1) is 10.6. The Kier molecular flexibility index (Phi) is 5.61. The minimum atomic E-state index is -0.294. The molecular formula is C16H17ClN2O3. The molecule has 116 valence electrons. The van der Waals surface area contributed by atoms with E-state index >= 15 is 0 Å². The first-order valence-electron chi connectivity index (χ1n) is 6.93. The predicted molar refractivity (Wildman–Crippen MR) is 83.7 cm³/mol. The molecule has 0 aliphatic heterocycles. The van der Waals surface area contributed by atoms with Gasteiger partial charge in [-0.2, -0.15) is 0 Å². The lowest BCUT2D eigenvalue weighted by molar-refractivity contribution is -0.121. The van der Waals surface area contributed by atoms with E-state index in [0.29, 0.717) is 16.3 Å². The van der Waals surface area contributed by atoms with E-state index in [1.807, 2.05) is 6.92 Å². The fourth-order valence-electron chi connectivity index (χ4n) is 1.95. The minimum absolute atomic E-state index is 0.164. The predicted octanol–water partition coefficient (Wildman–Crippen LogP) is 2.93. The van der Waals surface area contributed by atoms with Crippen molar-refractivity contribution in [2.24, 2.45) is 0 Å². The Hall–Kier alpha value is -2.27. The van der Waals surface area contributed by atoms with Crippen molar-refractivity contribution in [1.82, 2.24) is 10.6 Å². The van der Waals surface area contributed by atoms with Crippen LogP contribution in [0.25, 0.3) is 0 Å². The Bertz CT molecular complexity index is 641. The van der Waals surface area contributed by atoms with E-state index in [-0.39, 0.29) is 30.8 Å². The van der Waals surface area contributed by atoms with Gasteiger partial charge in [0.2, 0.25) is 5.91 Å². The Morgan fingerprint density at radius 1 is 1.23 bits per heavy atom. The third kappa shape index (κ3) is 4.36. The van der Waals surface area contributed by atoms with Gasteiger partial charge >= 0.3 is 0 Å². The highest BCUT2D eigenvalue weighted by Gasteiger charge is 2.13. The standard InChI is InChI=1S/C16H17ClN2O3/c1-11(14-7-4-10-22-14)19-15(20)8-9-18-16(21)12-5-2-3-6-13(12)17/h2-7,10-11H,8-9H2,1H3,(H,18,21)(H,19,20)/t11-/m0/s1. The molecule has 0 saturated carbocycles. The SMILES string of the molecule is C[C@H](NC(=O)CCNC(=O)c1ccccc1Cl)c1ccco1. The highest BCUT2D eigenvalue weighted by molar-refractivity contribution is 6.33. The molecule has 2 rings (SSSR count). The lowest BCUT2D eigenvalue weighted by Gasteiger charge is -2.12. The van der Waals surface area contributed by atoms with Gasteiger partial charge in [-0.3, -0.25) is 9.59 Å². The van der Waals surface area contributed by atoms with Gasteiger partial charge in [-0.15, -0.1) is 0 Å². The van der Waals surface area contributed by atoms with E-state index in [9.17, 15) is 9.59 Å². The smallest absolute Gasteiger partial charge is 0.252 e. The molecule has 0 unspecified atom stereocenters. The summed E-state index contributed by atoms with van der Waals surface area (Å²) in [6, 6.07) is 10.1. The number of carbonyl (C=O) groups excluding carboxylic acids is 2. The first kappa shape index (κ1) is 16.1. The van der Waals surface area contributed by atoms with Crippen LogP contribution in [0.4, 0.5) is 0 Å². The number of carbonyl (C=O) groups is 2. The number of nitrogens with one attached hydrogen (secondary N) is 2. The average Bonchev–Trinajstić information content (AvgIpc) is 3.01. The number of amides is 2. The minimum Gasteiger partial charge on any atom is -0.467 e. The van der Waals surface area contributed by atoms with E-state index in [1.165, 1.54) is 0 Å². The summed E-state index contributed by atoms with van der Waals surface area (Å²) in [5.74, 6) is 0.231. The molecule has 1 atom stereocenters. The summed E-state index contributed by atoms with van der Waals surface area (Å²) in [6.07, 6.45) is 1.74. The largest absolute Gasteiger partial charge is 0.467 e. The number of rotatable bonds is 6. The van der Waals surface area contributed by atoms with Gasteiger partial charge in [0.1, 0.15) is 5.76 Å². The van der Waals surface area contributed by atoms with Crippen LogP contribution in [0.15, 0.2) is 47.1 Å². The maximum Gasteiger partial charge on any atom is 0.252 e. The molecule has 1 heterocycles. The second kappa shape index (κ2) is 7.66. The molecule has 0 bridgehead atoms. The van der Waals surface area contributed by atoms with Gasteiger partial charge in [0.05, 0.1) is 22.9 Å². The molecule has 0 aliphatic rings. The van der Waals surface area contributed by atoms with Gasteiger partial charge in [-0.25, -0.2) is 0 Å². The molecule has 1 aromatic carbocycles. The topological polar surface area (TPSA) is 71.3 Å². The number of halogens is 1. The zero-order valence-electron chi connectivity index (χ0n) is 12.1. The van der Waals surface area contributed by atoms with Crippen LogP contribution >= 0.6 is 11.6 Å². The summed E-state index contributed by atoms with van der Waals surface area (Å²) in [6.45, 7) is 2.07. The lowest BCUT2D eigenvalue weighted by atomic mass is 10.2. The van der Waals surface area contributed by atoms with Crippen LogP contribution < -0.4 is 10.6 Å². The maximum atomic E-state index is 11.9. The lowest BCUT2D eigenvalue weighted by Crippen LogP contribution is -2.32. The molecule has 0 radical (unpaired) electrons. The third-order valence-electron chi connectivity index (χ3n) is 3.10. The van der Waals surface area contributed by atoms with Gasteiger partial charge in [-0.05, 0) is 31.2 Å². The Balaban J connectivity index is 1.75. The molecule has 2 N–H and O–H groups in total. The fraction of sp³-hybridized carbons (Fsp3) is 0.250. The second-order valence-electron chi connectivity index (χ2n) is 4.79. The summed E-state index contributed by atoms with van der Waals surface area (Å²) in [4.78, 5) is 23.7. The maximum absolute atomic E-state index is 11.9. The summed E-state index contributed by atoms with van der Waals surface area (Å²) in [5, 5.41) is 5.85. The van der Waals surface area contributed by atoms with Gasteiger partial charge in [0, 0.05) is 13.0 Å². The number of hydrogen-bond acceptors (Lipinski definition) is 3. The normalized spacial score (nSPS) is 11.7. The summed E-state index contributed by atoms with van der Waals surface area (Å²) in [5.41, 5.74) is 0.397. The van der Waals surface area contributed by atoms with Crippen LogP contribution in [0.2, 0.25) is 5.02 Å². The summed E-state index contributed by atoms with van der Waals surface area (Å²) >= 11 is 5.94. The van der Waals surface area contributed by atoms with Crippen molar-refractivity contribution in [3.8, 4) is 0 Å². The highest BCUT2D eigenvalue weighted by Crippen LogP contribution is 2.14. The molecule has 0 fully saturated rings. The Labute approximate surface area is 133 Å². The van der Waals surface area contributed by atoms with E-state index < -0.39 is 0 Å². The van der Waals surface area contributed by atoms with Crippen molar-refractivity contribution in [2.75, 3.05) is 6.54 Å². The van der Waals surface area contributed by atoms with E-state index in [4.69, 9.17) is 16.0 Å². The van der Waals surface area contributed by atoms with Gasteiger partial charge < -0.3 is 15.1 Å². The van der Waals surface area contributed by atoms with E-state index in [2.05, 4.69) is 10.6 Å². The average molecular weight is 321 g/mol. The number of hydrogen-bond donors (Lipinski definition) is 2. The Morgan fingerprint density at radius 2 is 2.00 bits per heavy atom. The zero-order chi connectivity index (χ0) is 15.9. The number of furan rings is 1. The van der Waals surface area contributed by atoms with E-state index in [0.717, 1.165) is 0 Å². The van der Waals surface area contributed by atoms with Crippen LogP contribution in [-0.4, -0.2) is 18.4 Å². The van der Waals surface area contributed by atoms with E-state index in [1.54, 1.807) is 42.7 Å². The number of benzene rings is 1. The molecule has 1 aromatic heterocycles. The zero-order valence-corrected chi connectivity index (χ0v) is 12.9. The van der Waals surface area contributed by atoms with Gasteiger partial charge in [0.25, 0.3) is 5.91 Å². The van der Waals surface area contributed by atoms with Crippen molar-refractivity contribution < 1.29 is 14.0 Å². The van der Waals surface area contributed by atoms with Crippen LogP contribution in [0.1, 0.15) is 35.5 Å². The van der Waals surface area contributed by atoms with Crippen molar-refractivity contribution in [3.05, 3.63) is 59.0 Å². The Morgan fingerprint density at radius 3 is 2.68 bits per heavy atom. The highest BCUT2D eigenvalue weighted by atomic mass is 35.5. The van der Waals surface area contributed by atoms with Gasteiger partial charge in [0.15, 0.2) is 0 Å². The van der Waals surface area contributed by atoms with Crippen LogP contribution in [-0.2, 0) is 4.79 Å². The van der Waals surface area contributed by atoms with Crippen molar-refractivity contribution in [1.29, 1.82) is 0 Å². The molecule has 2 amide bonds.